The molecule has 0 N–H and O–H groups in total. The maximum atomic E-state index is 13.6. The third-order valence-electron chi connectivity index (χ3n) is 4.06. The van der Waals surface area contributed by atoms with Gasteiger partial charge in [0, 0.05) is 11.6 Å². The molecule has 0 aromatic heterocycles. The number of hydrogen-bond acceptors (Lipinski definition) is 3. The predicted molar refractivity (Wildman–Crippen MR) is 71.4 cm³/mol. The minimum Gasteiger partial charge on any atom is -0.263 e. The molecule has 1 saturated heterocycles. The van der Waals surface area contributed by atoms with Gasteiger partial charge in [0.15, 0.2) is 0 Å². The smallest absolute Gasteiger partial charge is 0.263 e. The molecule has 6 heteroatoms. The van der Waals surface area contributed by atoms with Gasteiger partial charge < -0.3 is 0 Å². The van der Waals surface area contributed by atoms with E-state index in [9.17, 15) is 18.8 Å². The van der Waals surface area contributed by atoms with Crippen molar-refractivity contribution in [1.29, 1.82) is 0 Å². The highest BCUT2D eigenvalue weighted by Gasteiger charge is 2.48. The first-order valence-corrected chi connectivity index (χ1v) is 7.02. The topological polar surface area (TPSA) is 57.7 Å². The van der Waals surface area contributed by atoms with Crippen molar-refractivity contribution >= 4 is 17.8 Å². The van der Waals surface area contributed by atoms with Gasteiger partial charge in [-0.1, -0.05) is 31.0 Å². The molecule has 1 aromatic carbocycles. The van der Waals surface area contributed by atoms with Gasteiger partial charge in [-0.05, 0) is 18.9 Å². The molecule has 0 spiro atoms. The van der Waals surface area contributed by atoms with Gasteiger partial charge in [0.2, 0.25) is 0 Å². The van der Waals surface area contributed by atoms with Crippen LogP contribution in [0.25, 0.3) is 0 Å². The van der Waals surface area contributed by atoms with Crippen molar-refractivity contribution in [3.63, 3.8) is 0 Å². The van der Waals surface area contributed by atoms with Gasteiger partial charge in [0.1, 0.15) is 5.82 Å². The second kappa shape index (κ2) is 5.27. The molecule has 0 radical (unpaired) electrons. The van der Waals surface area contributed by atoms with Gasteiger partial charge >= 0.3 is 17.8 Å². The van der Waals surface area contributed by atoms with Crippen LogP contribution in [-0.2, 0) is 16.1 Å². The van der Waals surface area contributed by atoms with Gasteiger partial charge in [-0.3, -0.25) is 19.4 Å². The zero-order chi connectivity index (χ0) is 15.0. The number of halogens is 1. The van der Waals surface area contributed by atoms with Crippen LogP contribution in [0.2, 0.25) is 0 Å². The minimum atomic E-state index is -0.866. The monoisotopic (exact) mass is 290 g/mol. The highest BCUT2D eigenvalue weighted by molar-refractivity contribution is 6.44. The van der Waals surface area contributed by atoms with Crippen LogP contribution in [0.5, 0.6) is 0 Å². The van der Waals surface area contributed by atoms with E-state index in [1.54, 1.807) is 6.07 Å². The maximum Gasteiger partial charge on any atom is 0.334 e. The Labute approximate surface area is 121 Å². The Morgan fingerprint density at radius 3 is 2.38 bits per heavy atom. The molecule has 110 valence electrons. The van der Waals surface area contributed by atoms with Gasteiger partial charge in [-0.15, -0.1) is 0 Å². The molecule has 3 rings (SSSR count). The molecular weight excluding hydrogens is 275 g/mol. The first-order chi connectivity index (χ1) is 10.1. The van der Waals surface area contributed by atoms with Crippen LogP contribution in [0.3, 0.4) is 0 Å². The number of carbonyl (C=O) groups excluding carboxylic acids is 3. The van der Waals surface area contributed by atoms with Crippen LogP contribution >= 0.6 is 0 Å². The minimum absolute atomic E-state index is 0.195. The second-order valence-electron chi connectivity index (χ2n) is 5.38. The maximum absolute atomic E-state index is 13.6. The number of urea groups is 1. The van der Waals surface area contributed by atoms with Crippen molar-refractivity contribution in [3.05, 3.63) is 35.6 Å². The van der Waals surface area contributed by atoms with Gasteiger partial charge in [0.05, 0.1) is 6.54 Å². The van der Waals surface area contributed by atoms with Crippen molar-refractivity contribution < 1.29 is 18.8 Å². The van der Waals surface area contributed by atoms with E-state index in [2.05, 4.69) is 0 Å². The summed E-state index contributed by atoms with van der Waals surface area (Å²) in [5, 5.41) is 0. The Kier molecular flexibility index (Phi) is 3.45. The van der Waals surface area contributed by atoms with Crippen molar-refractivity contribution in [2.45, 2.75) is 38.3 Å². The normalized spacial score (nSPS) is 20.0. The predicted octanol–water partition coefficient (Wildman–Crippen LogP) is 2.06. The van der Waals surface area contributed by atoms with Gasteiger partial charge in [0.25, 0.3) is 0 Å². The molecule has 1 saturated carbocycles. The fourth-order valence-electron chi connectivity index (χ4n) is 2.94. The van der Waals surface area contributed by atoms with Gasteiger partial charge in [-0.2, -0.15) is 0 Å². The average molecular weight is 290 g/mol. The lowest BCUT2D eigenvalue weighted by Crippen LogP contribution is -2.39. The molecule has 2 aliphatic rings. The molecule has 21 heavy (non-hydrogen) atoms. The van der Waals surface area contributed by atoms with E-state index in [4.69, 9.17) is 0 Å². The SMILES string of the molecule is O=C1C(=O)N(C2CCCC2)C(=O)N1Cc1ccccc1F. The molecule has 1 aliphatic carbocycles. The van der Waals surface area contributed by atoms with E-state index in [1.165, 1.54) is 18.2 Å². The Balaban J connectivity index is 1.83. The molecule has 1 heterocycles. The number of imide groups is 2. The van der Waals surface area contributed by atoms with E-state index in [0.717, 1.165) is 35.5 Å². The molecule has 4 amide bonds. The van der Waals surface area contributed by atoms with Crippen molar-refractivity contribution in [2.75, 3.05) is 0 Å². The second-order valence-corrected chi connectivity index (χ2v) is 5.38. The lowest BCUT2D eigenvalue weighted by atomic mass is 10.2. The molecule has 0 atom stereocenters. The summed E-state index contributed by atoms with van der Waals surface area (Å²) in [5.41, 5.74) is 0.222. The number of rotatable bonds is 3. The van der Waals surface area contributed by atoms with Gasteiger partial charge in [-0.25, -0.2) is 9.18 Å². The summed E-state index contributed by atoms with van der Waals surface area (Å²) in [6.45, 7) is -0.209. The summed E-state index contributed by atoms with van der Waals surface area (Å²) in [7, 11) is 0. The fraction of sp³-hybridized carbons (Fsp3) is 0.400. The van der Waals surface area contributed by atoms with E-state index in [1.807, 2.05) is 0 Å². The summed E-state index contributed by atoms with van der Waals surface area (Å²) >= 11 is 0. The summed E-state index contributed by atoms with van der Waals surface area (Å²) in [6.07, 6.45) is 3.36. The number of amides is 4. The highest BCUT2D eigenvalue weighted by Crippen LogP contribution is 2.28. The van der Waals surface area contributed by atoms with Crippen molar-refractivity contribution in [3.8, 4) is 0 Å². The number of benzene rings is 1. The summed E-state index contributed by atoms with van der Waals surface area (Å²) in [5.74, 6) is -2.15. The molecule has 1 aromatic rings. The summed E-state index contributed by atoms with van der Waals surface area (Å²) < 4.78 is 13.6. The van der Waals surface area contributed by atoms with Crippen LogP contribution in [0.1, 0.15) is 31.2 Å². The van der Waals surface area contributed by atoms with Crippen LogP contribution in [0.15, 0.2) is 24.3 Å². The van der Waals surface area contributed by atoms with E-state index >= 15 is 0 Å². The fourth-order valence-corrected chi connectivity index (χ4v) is 2.94. The Morgan fingerprint density at radius 1 is 1.05 bits per heavy atom. The van der Waals surface area contributed by atoms with Crippen molar-refractivity contribution in [2.24, 2.45) is 0 Å². The highest BCUT2D eigenvalue weighted by atomic mass is 19.1. The molecule has 0 bridgehead atoms. The van der Waals surface area contributed by atoms with Crippen LogP contribution < -0.4 is 0 Å². The third-order valence-corrected chi connectivity index (χ3v) is 4.06. The third kappa shape index (κ3) is 2.30. The van der Waals surface area contributed by atoms with Crippen LogP contribution in [-0.4, -0.2) is 33.7 Å². The first kappa shape index (κ1) is 13.7. The van der Waals surface area contributed by atoms with Crippen molar-refractivity contribution in [1.82, 2.24) is 9.80 Å². The van der Waals surface area contributed by atoms with Crippen LogP contribution in [0, 0.1) is 5.82 Å². The zero-order valence-corrected chi connectivity index (χ0v) is 11.4. The standard InChI is InChI=1S/C15H15FN2O3/c16-12-8-4-1-5-10(12)9-17-13(19)14(20)18(15(17)21)11-6-2-3-7-11/h1,4-5,8,11H,2-3,6-7,9H2. The first-order valence-electron chi connectivity index (χ1n) is 7.02. The number of carbonyl (C=O) groups is 3. The average Bonchev–Trinajstić information content (AvgIpc) is 3.05. The molecule has 1 aliphatic heterocycles. The molecule has 5 nitrogen and oxygen atoms in total. The lowest BCUT2D eigenvalue weighted by molar-refractivity contribution is -0.144. The molecule has 2 fully saturated rings. The summed E-state index contributed by atoms with van der Waals surface area (Å²) in [4.78, 5) is 38.2. The largest absolute Gasteiger partial charge is 0.334 e. The Hall–Kier alpha value is -2.24. The number of nitrogens with zero attached hydrogens (tertiary/aromatic N) is 2. The summed E-state index contributed by atoms with van der Waals surface area (Å²) in [6, 6.07) is 5.09. The zero-order valence-electron chi connectivity index (χ0n) is 11.4. The quantitative estimate of drug-likeness (QED) is 0.632. The molecule has 0 unspecified atom stereocenters. The number of hydrogen-bond donors (Lipinski definition) is 0. The van der Waals surface area contributed by atoms with Crippen LogP contribution in [0.4, 0.5) is 9.18 Å². The van der Waals surface area contributed by atoms with E-state index in [-0.39, 0.29) is 18.2 Å². The Bertz CT molecular complexity index is 611. The Morgan fingerprint density at radius 2 is 1.71 bits per heavy atom. The lowest BCUT2D eigenvalue weighted by Gasteiger charge is -2.21. The van der Waals surface area contributed by atoms with E-state index < -0.39 is 23.7 Å². The van der Waals surface area contributed by atoms with E-state index in [0.29, 0.717) is 0 Å². The molecular formula is C15H15FN2O3.